The van der Waals surface area contributed by atoms with Crippen LogP contribution >= 0.6 is 0 Å². The molecule has 1 heterocycles. The van der Waals surface area contributed by atoms with Gasteiger partial charge in [-0.3, -0.25) is 14.6 Å². The van der Waals surface area contributed by atoms with Crippen LogP contribution in [0.25, 0.3) is 0 Å². The largest absolute Gasteiger partial charge is 0.508 e. The molecule has 2 fully saturated rings. The third-order valence-electron chi connectivity index (χ3n) is 5.26. The van der Waals surface area contributed by atoms with Crippen LogP contribution in [0.15, 0.2) is 12.1 Å². The van der Waals surface area contributed by atoms with E-state index >= 15 is 0 Å². The van der Waals surface area contributed by atoms with E-state index in [9.17, 15) is 9.90 Å². The van der Waals surface area contributed by atoms with Crippen molar-refractivity contribution in [1.29, 1.82) is 0 Å². The summed E-state index contributed by atoms with van der Waals surface area (Å²) in [6.07, 6.45) is 2.27. The van der Waals surface area contributed by atoms with Crippen molar-refractivity contribution < 1.29 is 9.90 Å². The van der Waals surface area contributed by atoms with Crippen LogP contribution in [0.3, 0.4) is 0 Å². The molecule has 138 valence electrons. The molecule has 0 spiro atoms. The number of aryl methyl sites for hydroxylation is 1. The first-order chi connectivity index (χ1) is 11.9. The van der Waals surface area contributed by atoms with Gasteiger partial charge in [-0.15, -0.1) is 0 Å². The highest BCUT2D eigenvalue weighted by Gasteiger charge is 2.25. The van der Waals surface area contributed by atoms with Gasteiger partial charge in [-0.1, -0.05) is 19.9 Å². The van der Waals surface area contributed by atoms with Crippen molar-refractivity contribution in [3.63, 3.8) is 0 Å². The number of nitrogens with one attached hydrogen (secondary N) is 1. The molecule has 1 aliphatic heterocycles. The van der Waals surface area contributed by atoms with Gasteiger partial charge >= 0.3 is 0 Å². The van der Waals surface area contributed by atoms with Gasteiger partial charge in [-0.05, 0) is 42.9 Å². The highest BCUT2D eigenvalue weighted by atomic mass is 16.3. The minimum Gasteiger partial charge on any atom is -0.508 e. The SMILES string of the molecule is Cc1cc(O)c(CN2CCN(CC(=O)NC3CC3)CC2)cc1C(C)C. The molecule has 1 amide bonds. The Morgan fingerprint density at radius 3 is 2.44 bits per heavy atom. The van der Waals surface area contributed by atoms with E-state index in [2.05, 4.69) is 42.0 Å². The molecule has 5 heteroatoms. The van der Waals surface area contributed by atoms with Gasteiger partial charge in [0.2, 0.25) is 5.91 Å². The molecule has 0 radical (unpaired) electrons. The van der Waals surface area contributed by atoms with Crippen molar-refractivity contribution in [3.05, 3.63) is 28.8 Å². The summed E-state index contributed by atoms with van der Waals surface area (Å²) < 4.78 is 0. The van der Waals surface area contributed by atoms with Gasteiger partial charge in [0.15, 0.2) is 0 Å². The Morgan fingerprint density at radius 1 is 1.20 bits per heavy atom. The highest BCUT2D eigenvalue weighted by molar-refractivity contribution is 5.78. The zero-order valence-electron chi connectivity index (χ0n) is 15.7. The number of benzene rings is 1. The number of phenolic OH excluding ortho intramolecular Hbond substituents is 1. The second-order valence-corrected chi connectivity index (χ2v) is 7.89. The zero-order valence-corrected chi connectivity index (χ0v) is 15.7. The fraction of sp³-hybridized carbons (Fsp3) is 0.650. The molecule has 25 heavy (non-hydrogen) atoms. The van der Waals surface area contributed by atoms with Gasteiger partial charge in [0.25, 0.3) is 0 Å². The Bertz CT molecular complexity index is 618. The van der Waals surface area contributed by atoms with E-state index in [0.29, 0.717) is 24.3 Å². The molecule has 2 aliphatic rings. The van der Waals surface area contributed by atoms with Crippen molar-refractivity contribution in [3.8, 4) is 5.75 Å². The van der Waals surface area contributed by atoms with Crippen LogP contribution in [0.1, 0.15) is 49.3 Å². The summed E-state index contributed by atoms with van der Waals surface area (Å²) in [6.45, 7) is 11.4. The second-order valence-electron chi connectivity index (χ2n) is 7.89. The van der Waals surface area contributed by atoms with E-state index in [1.807, 2.05) is 6.07 Å². The molecule has 0 bridgehead atoms. The van der Waals surface area contributed by atoms with Crippen molar-refractivity contribution >= 4 is 5.91 Å². The third-order valence-corrected chi connectivity index (χ3v) is 5.26. The molecule has 0 unspecified atom stereocenters. The van der Waals surface area contributed by atoms with E-state index in [-0.39, 0.29) is 5.91 Å². The number of amides is 1. The van der Waals surface area contributed by atoms with Crippen LogP contribution in [0.2, 0.25) is 0 Å². The van der Waals surface area contributed by atoms with Crippen LogP contribution in [0.5, 0.6) is 5.75 Å². The fourth-order valence-corrected chi connectivity index (χ4v) is 3.56. The predicted octanol–water partition coefficient (Wildman–Crippen LogP) is 2.22. The Morgan fingerprint density at radius 2 is 1.84 bits per heavy atom. The predicted molar refractivity (Wildman–Crippen MR) is 99.8 cm³/mol. The molecule has 0 aromatic heterocycles. The summed E-state index contributed by atoms with van der Waals surface area (Å²) in [6, 6.07) is 4.49. The molecule has 2 N–H and O–H groups in total. The van der Waals surface area contributed by atoms with Crippen LogP contribution < -0.4 is 5.32 Å². The number of piperazine rings is 1. The summed E-state index contributed by atoms with van der Waals surface area (Å²) >= 11 is 0. The molecule has 3 rings (SSSR count). The molecular weight excluding hydrogens is 314 g/mol. The Hall–Kier alpha value is -1.59. The van der Waals surface area contributed by atoms with Gasteiger partial charge in [-0.2, -0.15) is 0 Å². The number of aromatic hydroxyl groups is 1. The standard InChI is InChI=1S/C20H31N3O2/c1-14(2)18-11-16(19(24)10-15(18)3)12-22-6-8-23(9-7-22)13-20(25)21-17-4-5-17/h10-11,14,17,24H,4-9,12-13H2,1-3H3,(H,21,25). The van der Waals surface area contributed by atoms with Gasteiger partial charge < -0.3 is 10.4 Å². The van der Waals surface area contributed by atoms with Gasteiger partial charge in [0.05, 0.1) is 6.54 Å². The van der Waals surface area contributed by atoms with Gasteiger partial charge in [-0.25, -0.2) is 0 Å². The summed E-state index contributed by atoms with van der Waals surface area (Å²) in [5.41, 5.74) is 3.47. The van der Waals surface area contributed by atoms with Crippen LogP contribution in [0, 0.1) is 6.92 Å². The molecule has 5 nitrogen and oxygen atoms in total. The molecule has 1 aromatic carbocycles. The summed E-state index contributed by atoms with van der Waals surface area (Å²) in [5, 5.41) is 13.4. The van der Waals surface area contributed by atoms with Crippen LogP contribution in [-0.2, 0) is 11.3 Å². The van der Waals surface area contributed by atoms with Crippen molar-refractivity contribution in [2.45, 2.75) is 52.1 Å². The smallest absolute Gasteiger partial charge is 0.234 e. The van der Waals surface area contributed by atoms with E-state index < -0.39 is 0 Å². The minimum atomic E-state index is 0.161. The number of nitrogens with zero attached hydrogens (tertiary/aromatic N) is 2. The minimum absolute atomic E-state index is 0.161. The topological polar surface area (TPSA) is 55.8 Å². The van der Waals surface area contributed by atoms with Crippen molar-refractivity contribution in [1.82, 2.24) is 15.1 Å². The molecular formula is C20H31N3O2. The lowest BCUT2D eigenvalue weighted by molar-refractivity contribution is -0.122. The van der Waals surface area contributed by atoms with Crippen LogP contribution in [-0.4, -0.2) is 59.6 Å². The lowest BCUT2D eigenvalue weighted by Gasteiger charge is -2.34. The van der Waals surface area contributed by atoms with Crippen LogP contribution in [0.4, 0.5) is 0 Å². The Labute approximate surface area is 151 Å². The maximum Gasteiger partial charge on any atom is 0.234 e. The van der Waals surface area contributed by atoms with Gasteiger partial charge in [0, 0.05) is 44.3 Å². The zero-order chi connectivity index (χ0) is 18.0. The first kappa shape index (κ1) is 18.2. The molecule has 1 aromatic rings. The quantitative estimate of drug-likeness (QED) is 0.830. The monoisotopic (exact) mass is 345 g/mol. The average molecular weight is 345 g/mol. The lowest BCUT2D eigenvalue weighted by Crippen LogP contribution is -2.49. The Balaban J connectivity index is 1.51. The van der Waals surface area contributed by atoms with E-state index in [1.165, 1.54) is 5.56 Å². The van der Waals surface area contributed by atoms with Crippen molar-refractivity contribution in [2.24, 2.45) is 0 Å². The number of carbonyl (C=O) groups excluding carboxylic acids is 1. The fourth-order valence-electron chi connectivity index (χ4n) is 3.56. The number of rotatable bonds is 6. The average Bonchev–Trinajstić information content (AvgIpc) is 3.35. The van der Waals surface area contributed by atoms with Crippen molar-refractivity contribution in [2.75, 3.05) is 32.7 Å². The summed E-state index contributed by atoms with van der Waals surface area (Å²) in [7, 11) is 0. The number of carbonyl (C=O) groups is 1. The second kappa shape index (κ2) is 7.75. The molecule has 0 atom stereocenters. The number of hydrogen-bond acceptors (Lipinski definition) is 4. The first-order valence-electron chi connectivity index (χ1n) is 9.49. The maximum absolute atomic E-state index is 11.9. The maximum atomic E-state index is 11.9. The molecule has 1 saturated carbocycles. The molecule has 1 saturated heterocycles. The number of hydrogen-bond donors (Lipinski definition) is 2. The first-order valence-corrected chi connectivity index (χ1v) is 9.49. The van der Waals surface area contributed by atoms with E-state index in [0.717, 1.165) is 56.7 Å². The van der Waals surface area contributed by atoms with Gasteiger partial charge in [0.1, 0.15) is 5.75 Å². The third kappa shape index (κ3) is 4.95. The molecule has 1 aliphatic carbocycles. The normalized spacial score (nSPS) is 19.4. The summed E-state index contributed by atoms with van der Waals surface area (Å²) in [5.74, 6) is 1.02. The van der Waals surface area contributed by atoms with E-state index in [1.54, 1.807) is 0 Å². The van der Waals surface area contributed by atoms with E-state index in [4.69, 9.17) is 0 Å². The summed E-state index contributed by atoms with van der Waals surface area (Å²) in [4.78, 5) is 16.5. The Kier molecular flexibility index (Phi) is 5.64. The lowest BCUT2D eigenvalue weighted by atomic mass is 9.95. The number of phenols is 1. The highest BCUT2D eigenvalue weighted by Crippen LogP contribution is 2.28.